The van der Waals surface area contributed by atoms with Crippen molar-refractivity contribution in [3.63, 3.8) is 0 Å². The minimum atomic E-state index is -0.937. The molecule has 2 amide bonds. The standard InChI is InChI=1S/C17H26N2O4/c1-17(2,12-20)14(13-7-5-4-6-8-13)11-18-16(23)19(3)10-9-15(21)22/h4-8,14,20H,9-12H2,1-3H3,(H,18,23)(H,21,22). The highest BCUT2D eigenvalue weighted by molar-refractivity contribution is 5.75. The number of nitrogens with one attached hydrogen (secondary N) is 1. The Labute approximate surface area is 137 Å². The maximum atomic E-state index is 12.1. The summed E-state index contributed by atoms with van der Waals surface area (Å²) in [5.74, 6) is -0.987. The molecular weight excluding hydrogens is 296 g/mol. The van der Waals surface area contributed by atoms with Crippen molar-refractivity contribution in [2.75, 3.05) is 26.7 Å². The number of amides is 2. The third kappa shape index (κ3) is 5.90. The average Bonchev–Trinajstić information content (AvgIpc) is 2.53. The Morgan fingerprint density at radius 3 is 2.39 bits per heavy atom. The number of carboxylic acid groups (broad SMARTS) is 1. The molecule has 1 rings (SSSR count). The van der Waals surface area contributed by atoms with E-state index in [9.17, 15) is 14.7 Å². The van der Waals surface area contributed by atoms with Crippen LogP contribution in [-0.4, -0.2) is 53.9 Å². The van der Waals surface area contributed by atoms with E-state index in [1.807, 2.05) is 44.2 Å². The second kappa shape index (κ2) is 8.53. The van der Waals surface area contributed by atoms with Crippen LogP contribution in [0.25, 0.3) is 0 Å². The molecule has 128 valence electrons. The Kier molecular flexibility index (Phi) is 7.03. The summed E-state index contributed by atoms with van der Waals surface area (Å²) in [6.45, 7) is 4.42. The highest BCUT2D eigenvalue weighted by Gasteiger charge is 2.30. The number of carboxylic acids is 1. The number of nitrogens with zero attached hydrogens (tertiary/aromatic N) is 1. The Bertz CT molecular complexity index is 517. The van der Waals surface area contributed by atoms with Gasteiger partial charge in [0.15, 0.2) is 0 Å². The quantitative estimate of drug-likeness (QED) is 0.682. The molecule has 1 atom stereocenters. The van der Waals surface area contributed by atoms with E-state index in [4.69, 9.17) is 5.11 Å². The third-order valence-electron chi connectivity index (χ3n) is 4.02. The maximum Gasteiger partial charge on any atom is 0.317 e. The zero-order valence-electron chi connectivity index (χ0n) is 14.0. The number of aliphatic hydroxyl groups excluding tert-OH is 1. The Balaban J connectivity index is 2.72. The average molecular weight is 322 g/mol. The van der Waals surface area contributed by atoms with Gasteiger partial charge in [-0.2, -0.15) is 0 Å². The molecule has 0 saturated heterocycles. The van der Waals surface area contributed by atoms with E-state index in [0.717, 1.165) is 5.56 Å². The van der Waals surface area contributed by atoms with Crippen LogP contribution in [-0.2, 0) is 4.79 Å². The van der Waals surface area contributed by atoms with Crippen molar-refractivity contribution in [1.82, 2.24) is 10.2 Å². The topological polar surface area (TPSA) is 89.9 Å². The maximum absolute atomic E-state index is 12.1. The Morgan fingerprint density at radius 2 is 1.87 bits per heavy atom. The summed E-state index contributed by atoms with van der Waals surface area (Å²) < 4.78 is 0. The Hall–Kier alpha value is -2.08. The molecule has 0 spiro atoms. The summed E-state index contributed by atoms with van der Waals surface area (Å²) in [6.07, 6.45) is -0.0891. The van der Waals surface area contributed by atoms with Crippen LogP contribution in [0.15, 0.2) is 30.3 Å². The molecule has 23 heavy (non-hydrogen) atoms. The molecule has 1 aromatic rings. The lowest BCUT2D eigenvalue weighted by Gasteiger charge is -2.33. The van der Waals surface area contributed by atoms with Crippen molar-refractivity contribution in [3.8, 4) is 0 Å². The molecule has 1 unspecified atom stereocenters. The lowest BCUT2D eigenvalue weighted by atomic mass is 9.75. The fraction of sp³-hybridized carbons (Fsp3) is 0.529. The lowest BCUT2D eigenvalue weighted by Crippen LogP contribution is -2.43. The Morgan fingerprint density at radius 1 is 1.26 bits per heavy atom. The van der Waals surface area contributed by atoms with Crippen LogP contribution in [0.5, 0.6) is 0 Å². The van der Waals surface area contributed by atoms with Crippen LogP contribution in [0.2, 0.25) is 0 Å². The summed E-state index contributed by atoms with van der Waals surface area (Å²) >= 11 is 0. The minimum absolute atomic E-state index is 0.00269. The number of hydrogen-bond donors (Lipinski definition) is 3. The van der Waals surface area contributed by atoms with E-state index in [0.29, 0.717) is 6.54 Å². The van der Waals surface area contributed by atoms with Gasteiger partial charge in [-0.15, -0.1) is 0 Å². The fourth-order valence-electron chi connectivity index (χ4n) is 2.33. The van der Waals surface area contributed by atoms with E-state index in [2.05, 4.69) is 5.32 Å². The summed E-state index contributed by atoms with van der Waals surface area (Å²) in [7, 11) is 1.56. The van der Waals surface area contributed by atoms with E-state index in [1.165, 1.54) is 4.90 Å². The van der Waals surface area contributed by atoms with Gasteiger partial charge in [-0.3, -0.25) is 4.79 Å². The van der Waals surface area contributed by atoms with Gasteiger partial charge in [0.2, 0.25) is 0 Å². The monoisotopic (exact) mass is 322 g/mol. The van der Waals surface area contributed by atoms with Gasteiger partial charge in [-0.1, -0.05) is 44.2 Å². The second-order valence-corrected chi connectivity index (χ2v) is 6.36. The molecule has 0 heterocycles. The normalized spacial score (nSPS) is 12.5. The molecule has 0 aromatic heterocycles. The highest BCUT2D eigenvalue weighted by atomic mass is 16.4. The van der Waals surface area contributed by atoms with Crippen LogP contribution >= 0.6 is 0 Å². The predicted octanol–water partition coefficient (Wildman–Crippen LogP) is 1.90. The zero-order valence-corrected chi connectivity index (χ0v) is 14.0. The molecule has 6 nitrogen and oxygen atoms in total. The fourth-order valence-corrected chi connectivity index (χ4v) is 2.33. The van der Waals surface area contributed by atoms with Crippen molar-refractivity contribution < 1.29 is 19.8 Å². The molecule has 0 aliphatic carbocycles. The number of carbonyl (C=O) groups is 2. The molecule has 0 saturated carbocycles. The van der Waals surface area contributed by atoms with Crippen LogP contribution in [0.4, 0.5) is 4.79 Å². The molecule has 0 aliphatic rings. The molecule has 6 heteroatoms. The van der Waals surface area contributed by atoms with Gasteiger partial charge >= 0.3 is 12.0 Å². The van der Waals surface area contributed by atoms with Gasteiger partial charge in [0.25, 0.3) is 0 Å². The van der Waals surface area contributed by atoms with Crippen molar-refractivity contribution in [2.45, 2.75) is 26.2 Å². The molecule has 1 aromatic carbocycles. The highest BCUT2D eigenvalue weighted by Crippen LogP contribution is 2.34. The van der Waals surface area contributed by atoms with E-state index in [-0.39, 0.29) is 31.5 Å². The van der Waals surface area contributed by atoms with Gasteiger partial charge in [0.05, 0.1) is 6.42 Å². The molecule has 3 N–H and O–H groups in total. The van der Waals surface area contributed by atoms with Gasteiger partial charge in [0.1, 0.15) is 0 Å². The van der Waals surface area contributed by atoms with Crippen molar-refractivity contribution in [1.29, 1.82) is 0 Å². The SMILES string of the molecule is CN(CCC(=O)O)C(=O)NCC(c1ccccc1)C(C)(C)CO. The summed E-state index contributed by atoms with van der Waals surface area (Å²) in [5, 5.41) is 21.1. The number of rotatable bonds is 8. The number of hydrogen-bond acceptors (Lipinski definition) is 3. The van der Waals surface area contributed by atoms with E-state index >= 15 is 0 Å². The van der Waals surface area contributed by atoms with Crippen LogP contribution in [0.1, 0.15) is 31.7 Å². The van der Waals surface area contributed by atoms with Crippen molar-refractivity contribution in [2.24, 2.45) is 5.41 Å². The smallest absolute Gasteiger partial charge is 0.317 e. The third-order valence-corrected chi connectivity index (χ3v) is 4.02. The van der Waals surface area contributed by atoms with E-state index in [1.54, 1.807) is 7.05 Å². The molecule has 0 fully saturated rings. The first-order valence-electron chi connectivity index (χ1n) is 7.64. The molecular formula is C17H26N2O4. The number of aliphatic carboxylic acids is 1. The summed E-state index contributed by atoms with van der Waals surface area (Å²) in [4.78, 5) is 24.0. The first-order chi connectivity index (χ1) is 10.8. The molecule has 0 aliphatic heterocycles. The van der Waals surface area contributed by atoms with Gasteiger partial charge in [-0.25, -0.2) is 4.79 Å². The second-order valence-electron chi connectivity index (χ2n) is 6.36. The number of carbonyl (C=O) groups excluding carboxylic acids is 1. The van der Waals surface area contributed by atoms with Gasteiger partial charge in [-0.05, 0) is 11.0 Å². The first-order valence-corrected chi connectivity index (χ1v) is 7.64. The lowest BCUT2D eigenvalue weighted by molar-refractivity contribution is -0.137. The van der Waals surface area contributed by atoms with E-state index < -0.39 is 11.4 Å². The molecule has 0 bridgehead atoms. The number of benzene rings is 1. The van der Waals surface area contributed by atoms with Crippen LogP contribution in [0, 0.1) is 5.41 Å². The summed E-state index contributed by atoms with van der Waals surface area (Å²) in [5.41, 5.74) is 0.647. The van der Waals surface area contributed by atoms with Gasteiger partial charge < -0.3 is 20.4 Å². The van der Waals surface area contributed by atoms with Crippen molar-refractivity contribution in [3.05, 3.63) is 35.9 Å². The first kappa shape index (κ1) is 19.0. The van der Waals surface area contributed by atoms with Gasteiger partial charge in [0, 0.05) is 32.7 Å². The predicted molar refractivity (Wildman–Crippen MR) is 88.3 cm³/mol. The summed E-state index contributed by atoms with van der Waals surface area (Å²) in [6, 6.07) is 9.41. The largest absolute Gasteiger partial charge is 0.481 e. The van der Waals surface area contributed by atoms with Crippen LogP contribution in [0.3, 0.4) is 0 Å². The number of aliphatic hydroxyl groups is 1. The molecule has 0 radical (unpaired) electrons. The zero-order chi connectivity index (χ0) is 17.5. The van der Waals surface area contributed by atoms with Crippen molar-refractivity contribution >= 4 is 12.0 Å². The minimum Gasteiger partial charge on any atom is -0.481 e. The van der Waals surface area contributed by atoms with Crippen LogP contribution < -0.4 is 5.32 Å². The number of urea groups is 1.